The van der Waals surface area contributed by atoms with Gasteiger partial charge in [0.1, 0.15) is 0 Å². The zero-order chi connectivity index (χ0) is 16.3. The molecule has 0 aliphatic rings. The molecule has 0 bridgehead atoms. The number of carboxylic acids is 4. The summed E-state index contributed by atoms with van der Waals surface area (Å²) in [6.07, 6.45) is 0. The molecule has 0 unspecified atom stereocenters. The van der Waals surface area contributed by atoms with Crippen LogP contribution in [0.2, 0.25) is 0 Å². The summed E-state index contributed by atoms with van der Waals surface area (Å²) in [5, 5.41) is 29.7. The van der Waals surface area contributed by atoms with E-state index in [0.717, 1.165) is 27.7 Å². The molecular weight excluding hydrogens is 493 g/mol. The predicted octanol–water partition coefficient (Wildman–Crippen LogP) is 1.08. The minimum absolute atomic E-state index is 0. The van der Waals surface area contributed by atoms with Crippen molar-refractivity contribution in [3.05, 3.63) is 0 Å². The van der Waals surface area contributed by atoms with Gasteiger partial charge in [0.05, 0.1) is 0 Å². The summed E-state index contributed by atoms with van der Waals surface area (Å²) in [7, 11) is 0. The van der Waals surface area contributed by atoms with Gasteiger partial charge in [-0.3, -0.25) is 19.2 Å². The predicted molar refractivity (Wildman–Crippen MR) is 68.4 cm³/mol. The first-order valence-electron chi connectivity index (χ1n) is 3.92. The number of rotatable bonds is 0. The fourth-order valence-corrected chi connectivity index (χ4v) is 0. The van der Waals surface area contributed by atoms with Crippen molar-refractivity contribution in [3.8, 4) is 0 Å². The molecule has 0 spiro atoms. The maximum absolute atomic E-state index is 9.00. The third-order valence-corrected chi connectivity index (χ3v) is 0. The van der Waals surface area contributed by atoms with E-state index in [0.29, 0.717) is 24.7 Å². The normalized spacial score (nSPS) is 4.90. The summed E-state index contributed by atoms with van der Waals surface area (Å²) in [4.78, 5) is 36.0. The molecule has 0 saturated heterocycles. The van der Waals surface area contributed by atoms with Crippen molar-refractivity contribution in [3.63, 3.8) is 0 Å². The van der Waals surface area contributed by atoms with Gasteiger partial charge in [0.15, 0.2) is 0 Å². The standard InChI is InChI=1S/4C2H4O2.2ClH.O.2Zr/c4*1-2(3)4;;;;;/h4*1H3,(H,3,4);2*1H;;;. The Hall–Kier alpha value is 0.0262. The molecule has 0 amide bonds. The molecule has 0 rings (SSSR count). The molecule has 0 aromatic carbocycles. The molecule has 0 radical (unpaired) electrons. The van der Waals surface area contributed by atoms with E-state index in [1.165, 1.54) is 0 Å². The van der Waals surface area contributed by atoms with Crippen LogP contribution >= 0.6 is 24.8 Å². The molecule has 0 aliphatic heterocycles. The van der Waals surface area contributed by atoms with Crippen LogP contribution in [0.15, 0.2) is 0 Å². The van der Waals surface area contributed by atoms with Gasteiger partial charge in [0, 0.05) is 53.9 Å². The minimum atomic E-state index is -0.833. The number of hydrogen-bond acceptors (Lipinski definition) is 5. The van der Waals surface area contributed by atoms with Gasteiger partial charge in [-0.25, -0.2) is 0 Å². The molecule has 0 saturated carbocycles. The van der Waals surface area contributed by atoms with E-state index < -0.39 is 23.9 Å². The van der Waals surface area contributed by atoms with Crippen LogP contribution in [0, 0.1) is 0 Å². The van der Waals surface area contributed by atoms with Crippen molar-refractivity contribution in [1.29, 1.82) is 0 Å². The molecule has 21 heavy (non-hydrogen) atoms. The monoisotopic (exact) mass is 508 g/mol. The van der Waals surface area contributed by atoms with Gasteiger partial charge in [0.2, 0.25) is 0 Å². The second-order valence-electron chi connectivity index (χ2n) is 2.08. The quantitative estimate of drug-likeness (QED) is 0.372. The van der Waals surface area contributed by atoms with Crippen LogP contribution in [0.3, 0.4) is 0 Å². The summed E-state index contributed by atoms with van der Waals surface area (Å²) in [6, 6.07) is 0. The summed E-state index contributed by atoms with van der Waals surface area (Å²) >= 11 is 0.300. The zero-order valence-electron chi connectivity index (χ0n) is 11.6. The van der Waals surface area contributed by atoms with Crippen molar-refractivity contribution in [1.82, 2.24) is 0 Å². The fourth-order valence-electron chi connectivity index (χ4n) is 0. The summed E-state index contributed by atoms with van der Waals surface area (Å²) in [6.45, 7) is 4.33. The number of carbonyl (C=O) groups is 4. The molecule has 126 valence electrons. The van der Waals surface area contributed by atoms with E-state index in [1.54, 1.807) is 0 Å². The van der Waals surface area contributed by atoms with Crippen LogP contribution in [0.4, 0.5) is 0 Å². The Morgan fingerprint density at radius 3 is 0.571 bits per heavy atom. The molecular formula is C8H18Cl2O9Zr2. The van der Waals surface area contributed by atoms with Crippen LogP contribution < -0.4 is 0 Å². The van der Waals surface area contributed by atoms with Gasteiger partial charge >= 0.3 is 27.5 Å². The summed E-state index contributed by atoms with van der Waals surface area (Å²) in [5.74, 6) is -3.33. The van der Waals surface area contributed by atoms with E-state index in [4.69, 9.17) is 42.4 Å². The topological polar surface area (TPSA) is 166 Å². The van der Waals surface area contributed by atoms with Crippen molar-refractivity contribution in [2.24, 2.45) is 0 Å². The second kappa shape index (κ2) is 50.1. The number of aliphatic carboxylic acids is 4. The molecule has 0 heterocycles. The molecule has 0 aromatic rings. The maximum Gasteiger partial charge on any atom is 0 e. The van der Waals surface area contributed by atoms with Crippen LogP contribution in [0.1, 0.15) is 27.7 Å². The van der Waals surface area contributed by atoms with Crippen molar-refractivity contribution < 1.29 is 93.3 Å². The van der Waals surface area contributed by atoms with E-state index in [2.05, 4.69) is 0 Å². The maximum atomic E-state index is 9.00. The molecule has 0 aromatic heterocycles. The van der Waals surface area contributed by atoms with Gasteiger partial charge < -0.3 is 20.4 Å². The molecule has 9 nitrogen and oxygen atoms in total. The largest absolute Gasteiger partial charge is 0 e. The SMILES string of the molecule is CC(=O)O.CC(=O)O.CC(=O)O.CC(=O)O.Cl.Cl.[O]=[Zr].[Zr]. The fraction of sp³-hybridized carbons (Fsp3) is 0.500. The number of carboxylic acid groups (broad SMARTS) is 4. The molecule has 0 atom stereocenters. The Kier molecular flexibility index (Phi) is 119. The Morgan fingerprint density at radius 1 is 0.571 bits per heavy atom. The van der Waals surface area contributed by atoms with Crippen LogP contribution in [0.5, 0.6) is 0 Å². The Bertz CT molecular complexity index is 188. The Balaban J connectivity index is -0.0000000164. The summed E-state index contributed by atoms with van der Waals surface area (Å²) < 4.78 is 8.34. The average Bonchev–Trinajstić information content (AvgIpc) is 2.01. The third-order valence-electron chi connectivity index (χ3n) is 0. The van der Waals surface area contributed by atoms with Crippen molar-refractivity contribution in [2.45, 2.75) is 27.7 Å². The average molecular weight is 512 g/mol. The molecule has 4 N–H and O–H groups in total. The third kappa shape index (κ3) is 9460000. The van der Waals surface area contributed by atoms with Gasteiger partial charge in [-0.2, -0.15) is 0 Å². The minimum Gasteiger partial charge on any atom is 0 e. The van der Waals surface area contributed by atoms with E-state index >= 15 is 0 Å². The summed E-state index contributed by atoms with van der Waals surface area (Å²) in [5.41, 5.74) is 0. The molecule has 0 fully saturated rings. The van der Waals surface area contributed by atoms with Crippen molar-refractivity contribution >= 4 is 48.7 Å². The first kappa shape index (κ1) is 49.7. The van der Waals surface area contributed by atoms with Gasteiger partial charge in [-0.05, 0) is 0 Å². The van der Waals surface area contributed by atoms with Crippen LogP contribution in [-0.2, 0) is 72.9 Å². The van der Waals surface area contributed by atoms with E-state index in [-0.39, 0.29) is 51.0 Å². The van der Waals surface area contributed by atoms with E-state index in [9.17, 15) is 0 Å². The Labute approximate surface area is 168 Å². The number of hydrogen-bond donors (Lipinski definition) is 4. The van der Waals surface area contributed by atoms with Crippen LogP contribution in [0.25, 0.3) is 0 Å². The van der Waals surface area contributed by atoms with Crippen LogP contribution in [-0.4, -0.2) is 44.3 Å². The first-order valence-corrected chi connectivity index (χ1v) is 4.92. The first-order chi connectivity index (χ1) is 7.93. The Morgan fingerprint density at radius 2 is 0.571 bits per heavy atom. The van der Waals surface area contributed by atoms with Crippen molar-refractivity contribution in [2.75, 3.05) is 0 Å². The molecule has 0 aliphatic carbocycles. The zero-order valence-corrected chi connectivity index (χ0v) is 18.2. The molecule has 13 heteroatoms. The smallest absolute Gasteiger partial charge is 0 e. The van der Waals surface area contributed by atoms with E-state index in [1.807, 2.05) is 0 Å². The van der Waals surface area contributed by atoms with Gasteiger partial charge in [-0.15, -0.1) is 24.8 Å². The van der Waals surface area contributed by atoms with Gasteiger partial charge in [-0.1, -0.05) is 0 Å². The second-order valence-corrected chi connectivity index (χ2v) is 2.08. The van der Waals surface area contributed by atoms with Gasteiger partial charge in [0.25, 0.3) is 23.9 Å². The number of halogens is 2.